The first-order valence-corrected chi connectivity index (χ1v) is 8.80. The van der Waals surface area contributed by atoms with E-state index in [0.717, 1.165) is 38.2 Å². The summed E-state index contributed by atoms with van der Waals surface area (Å²) >= 11 is 0. The lowest BCUT2D eigenvalue weighted by molar-refractivity contribution is 0.0933. The Kier molecular flexibility index (Phi) is 9.08. The maximum Gasteiger partial charge on any atom is 0.346 e. The fourth-order valence-corrected chi connectivity index (χ4v) is 3.26. The Hall–Kier alpha value is -1.77. The molecule has 0 unspecified atom stereocenters. The molecule has 2 aromatic heterocycles. The van der Waals surface area contributed by atoms with E-state index in [0.29, 0.717) is 18.2 Å². The van der Waals surface area contributed by atoms with Crippen molar-refractivity contribution in [2.45, 2.75) is 39.3 Å². The smallest absolute Gasteiger partial charge is 0.346 e. The number of nitrogens with zero attached hydrogens (tertiary/aromatic N) is 3. The molecule has 0 atom stereocenters. The first-order chi connectivity index (χ1) is 12.1. The molecule has 1 amide bonds. The SMILES string of the molecule is CCn1c(CC2CCNCC2)nn(Cc2ccc(C(=O)NC)o2)c1=O.Cl.Cl. The van der Waals surface area contributed by atoms with Crippen LogP contribution in [0.15, 0.2) is 21.3 Å². The van der Waals surface area contributed by atoms with Gasteiger partial charge in [-0.3, -0.25) is 9.36 Å². The molecule has 8 nitrogen and oxygen atoms in total. The van der Waals surface area contributed by atoms with Gasteiger partial charge in [-0.15, -0.1) is 24.8 Å². The molecule has 0 radical (unpaired) electrons. The highest BCUT2D eigenvalue weighted by molar-refractivity contribution is 5.91. The van der Waals surface area contributed by atoms with Gasteiger partial charge >= 0.3 is 5.69 Å². The topological polar surface area (TPSA) is 94.1 Å². The summed E-state index contributed by atoms with van der Waals surface area (Å²) in [7, 11) is 1.55. The summed E-state index contributed by atoms with van der Waals surface area (Å²) < 4.78 is 8.65. The van der Waals surface area contributed by atoms with Gasteiger partial charge in [0.2, 0.25) is 0 Å². The highest BCUT2D eigenvalue weighted by Crippen LogP contribution is 2.16. The van der Waals surface area contributed by atoms with Crippen molar-refractivity contribution in [2.24, 2.45) is 5.92 Å². The molecule has 0 saturated carbocycles. The number of carbonyl (C=O) groups is 1. The van der Waals surface area contributed by atoms with Gasteiger partial charge in [0.1, 0.15) is 18.1 Å². The van der Waals surface area contributed by atoms with Crippen LogP contribution in [0, 0.1) is 5.92 Å². The molecule has 0 bridgehead atoms. The molecule has 1 aliphatic rings. The zero-order valence-corrected chi connectivity index (χ0v) is 17.2. The number of rotatable bonds is 6. The van der Waals surface area contributed by atoms with Gasteiger partial charge in [0.05, 0.1) is 0 Å². The molecule has 0 spiro atoms. The van der Waals surface area contributed by atoms with Gasteiger partial charge in [-0.05, 0) is 50.9 Å². The number of furan rings is 1. The minimum absolute atomic E-state index is 0. The molecular formula is C17H27Cl2N5O3. The fraction of sp³-hybridized carbons (Fsp3) is 0.588. The number of piperidine rings is 1. The maximum atomic E-state index is 12.6. The second-order valence-corrected chi connectivity index (χ2v) is 6.34. The third kappa shape index (κ3) is 5.37. The summed E-state index contributed by atoms with van der Waals surface area (Å²) in [6, 6.07) is 3.31. The molecule has 152 valence electrons. The molecule has 2 N–H and O–H groups in total. The van der Waals surface area contributed by atoms with Gasteiger partial charge in [-0.2, -0.15) is 5.10 Å². The van der Waals surface area contributed by atoms with Gasteiger partial charge in [-0.1, -0.05) is 0 Å². The Morgan fingerprint density at radius 3 is 2.67 bits per heavy atom. The molecule has 0 aromatic carbocycles. The lowest BCUT2D eigenvalue weighted by Crippen LogP contribution is -2.30. The zero-order chi connectivity index (χ0) is 17.8. The van der Waals surface area contributed by atoms with Crippen molar-refractivity contribution in [1.82, 2.24) is 25.0 Å². The van der Waals surface area contributed by atoms with Crippen LogP contribution in [0.3, 0.4) is 0 Å². The van der Waals surface area contributed by atoms with Crippen LogP contribution < -0.4 is 16.3 Å². The van der Waals surface area contributed by atoms with Gasteiger partial charge in [-0.25, -0.2) is 9.48 Å². The number of amides is 1. The van der Waals surface area contributed by atoms with Crippen LogP contribution in [0.25, 0.3) is 0 Å². The monoisotopic (exact) mass is 419 g/mol. The van der Waals surface area contributed by atoms with E-state index < -0.39 is 0 Å². The third-order valence-corrected chi connectivity index (χ3v) is 4.66. The number of hydrogen-bond acceptors (Lipinski definition) is 5. The Bertz CT molecular complexity index is 793. The number of nitrogens with one attached hydrogen (secondary N) is 2. The summed E-state index contributed by atoms with van der Waals surface area (Å²) in [5.74, 6) is 1.87. The highest BCUT2D eigenvalue weighted by atomic mass is 35.5. The summed E-state index contributed by atoms with van der Waals surface area (Å²) in [6.07, 6.45) is 3.04. The molecule has 0 aliphatic carbocycles. The highest BCUT2D eigenvalue weighted by Gasteiger charge is 2.20. The van der Waals surface area contributed by atoms with E-state index in [-0.39, 0.29) is 48.7 Å². The van der Waals surface area contributed by atoms with E-state index in [4.69, 9.17) is 4.42 Å². The lowest BCUT2D eigenvalue weighted by Gasteiger charge is -2.21. The molecule has 3 heterocycles. The first kappa shape index (κ1) is 23.3. The van der Waals surface area contributed by atoms with E-state index >= 15 is 0 Å². The molecule has 1 fully saturated rings. The third-order valence-electron chi connectivity index (χ3n) is 4.66. The molecule has 27 heavy (non-hydrogen) atoms. The van der Waals surface area contributed by atoms with Crippen LogP contribution in [0.4, 0.5) is 0 Å². The number of halogens is 2. The average Bonchev–Trinajstić information content (AvgIpc) is 3.21. The summed E-state index contributed by atoms with van der Waals surface area (Å²) in [4.78, 5) is 24.2. The maximum absolute atomic E-state index is 12.6. The van der Waals surface area contributed by atoms with Gasteiger partial charge in [0, 0.05) is 20.0 Å². The second-order valence-electron chi connectivity index (χ2n) is 6.34. The average molecular weight is 420 g/mol. The van der Waals surface area contributed by atoms with Crippen LogP contribution in [-0.4, -0.2) is 40.4 Å². The van der Waals surface area contributed by atoms with Crippen molar-refractivity contribution in [3.63, 3.8) is 0 Å². The van der Waals surface area contributed by atoms with E-state index in [9.17, 15) is 9.59 Å². The summed E-state index contributed by atoms with van der Waals surface area (Å²) in [5.41, 5.74) is -0.135. The van der Waals surface area contributed by atoms with Crippen molar-refractivity contribution in [3.05, 3.63) is 40.0 Å². The standard InChI is InChI=1S/C17H25N5O3.2ClH/c1-3-21-15(10-12-6-8-19-9-7-12)20-22(17(21)24)11-13-4-5-14(25-13)16(23)18-2;;/h4-5,12,19H,3,6-11H2,1-2H3,(H,18,23);2*1H. The fourth-order valence-electron chi connectivity index (χ4n) is 3.26. The normalized spacial score (nSPS) is 14.3. The van der Waals surface area contributed by atoms with Crippen LogP contribution in [0.2, 0.25) is 0 Å². The molecule has 3 rings (SSSR count). The zero-order valence-electron chi connectivity index (χ0n) is 15.6. The van der Waals surface area contributed by atoms with Gasteiger partial charge < -0.3 is 15.1 Å². The Labute approximate surface area is 170 Å². The summed E-state index contributed by atoms with van der Waals surface area (Å²) in [6.45, 7) is 4.82. The Balaban J connectivity index is 0.00000182. The molecule has 1 saturated heterocycles. The second kappa shape index (κ2) is 10.5. The van der Waals surface area contributed by atoms with Crippen molar-refractivity contribution >= 4 is 30.7 Å². The van der Waals surface area contributed by atoms with E-state index in [1.807, 2.05) is 6.92 Å². The van der Waals surface area contributed by atoms with Crippen LogP contribution in [0.5, 0.6) is 0 Å². The predicted octanol–water partition coefficient (Wildman–Crippen LogP) is 1.45. The van der Waals surface area contributed by atoms with Crippen molar-refractivity contribution in [3.8, 4) is 0 Å². The summed E-state index contributed by atoms with van der Waals surface area (Å²) in [5, 5.41) is 10.4. The Morgan fingerprint density at radius 2 is 2.04 bits per heavy atom. The molecular weight excluding hydrogens is 393 g/mol. The minimum Gasteiger partial charge on any atom is -0.454 e. The Morgan fingerprint density at radius 1 is 1.33 bits per heavy atom. The first-order valence-electron chi connectivity index (χ1n) is 8.80. The number of aromatic nitrogens is 3. The molecule has 1 aliphatic heterocycles. The van der Waals surface area contributed by atoms with E-state index in [1.165, 1.54) is 4.68 Å². The van der Waals surface area contributed by atoms with Crippen LogP contribution >= 0.6 is 24.8 Å². The largest absolute Gasteiger partial charge is 0.454 e. The number of hydrogen-bond donors (Lipinski definition) is 2. The number of carbonyl (C=O) groups excluding carboxylic acids is 1. The van der Waals surface area contributed by atoms with Crippen molar-refractivity contribution < 1.29 is 9.21 Å². The van der Waals surface area contributed by atoms with Gasteiger partial charge in [0.15, 0.2) is 5.76 Å². The lowest BCUT2D eigenvalue weighted by atomic mass is 9.94. The predicted molar refractivity (Wildman–Crippen MR) is 107 cm³/mol. The van der Waals surface area contributed by atoms with E-state index in [1.54, 1.807) is 23.7 Å². The van der Waals surface area contributed by atoms with Crippen LogP contribution in [0.1, 0.15) is 41.9 Å². The quantitative estimate of drug-likeness (QED) is 0.738. The molecule has 10 heteroatoms. The van der Waals surface area contributed by atoms with E-state index in [2.05, 4.69) is 15.7 Å². The minimum atomic E-state index is -0.288. The van der Waals surface area contributed by atoms with Gasteiger partial charge in [0.25, 0.3) is 5.91 Å². The molecule has 2 aromatic rings. The van der Waals surface area contributed by atoms with Crippen molar-refractivity contribution in [1.29, 1.82) is 0 Å². The van der Waals surface area contributed by atoms with Crippen molar-refractivity contribution in [2.75, 3.05) is 20.1 Å². The van der Waals surface area contributed by atoms with Crippen LogP contribution in [-0.2, 0) is 19.5 Å².